The third-order valence-electron chi connectivity index (χ3n) is 4.48. The summed E-state index contributed by atoms with van der Waals surface area (Å²) in [5.74, 6) is 1.56. The quantitative estimate of drug-likeness (QED) is 0.806. The number of ether oxygens (including phenoxy) is 1. The molecule has 0 aromatic heterocycles. The molecular weight excluding hydrogens is 210 g/mol. The summed E-state index contributed by atoms with van der Waals surface area (Å²) < 4.78 is 5.87. The number of benzene rings is 1. The summed E-state index contributed by atoms with van der Waals surface area (Å²) in [7, 11) is 0. The van der Waals surface area contributed by atoms with E-state index in [-0.39, 0.29) is 5.54 Å². The molecule has 92 valence electrons. The van der Waals surface area contributed by atoms with E-state index in [2.05, 4.69) is 18.2 Å². The average Bonchev–Trinajstić information content (AvgIpc) is 2.39. The monoisotopic (exact) mass is 231 g/mol. The fourth-order valence-electron chi connectivity index (χ4n) is 3.32. The summed E-state index contributed by atoms with van der Waals surface area (Å²) in [5.41, 5.74) is 7.96. The van der Waals surface area contributed by atoms with Gasteiger partial charge in [-0.25, -0.2) is 0 Å². The first-order valence-corrected chi connectivity index (χ1v) is 6.77. The molecule has 0 spiro atoms. The van der Waals surface area contributed by atoms with Gasteiger partial charge in [-0.1, -0.05) is 37.5 Å². The van der Waals surface area contributed by atoms with Gasteiger partial charge in [-0.2, -0.15) is 0 Å². The van der Waals surface area contributed by atoms with Crippen molar-refractivity contribution in [1.29, 1.82) is 0 Å². The largest absolute Gasteiger partial charge is 0.493 e. The highest BCUT2D eigenvalue weighted by molar-refractivity contribution is 5.35. The average molecular weight is 231 g/mol. The lowest BCUT2D eigenvalue weighted by atomic mass is 9.71. The van der Waals surface area contributed by atoms with E-state index in [4.69, 9.17) is 10.5 Å². The highest BCUT2D eigenvalue weighted by Gasteiger charge is 2.38. The fraction of sp³-hybridized carbons (Fsp3) is 0.600. The molecule has 1 heterocycles. The second-order valence-corrected chi connectivity index (χ2v) is 5.61. The van der Waals surface area contributed by atoms with Gasteiger partial charge in [0.1, 0.15) is 5.75 Å². The summed E-state index contributed by atoms with van der Waals surface area (Å²) in [4.78, 5) is 0. The van der Waals surface area contributed by atoms with Crippen LogP contribution in [0.3, 0.4) is 0 Å². The molecule has 0 bridgehead atoms. The minimum atomic E-state index is 0.0196. The van der Waals surface area contributed by atoms with Crippen molar-refractivity contribution < 1.29 is 4.74 Å². The Morgan fingerprint density at radius 3 is 2.71 bits per heavy atom. The molecule has 1 aromatic carbocycles. The third kappa shape index (κ3) is 2.06. The van der Waals surface area contributed by atoms with Gasteiger partial charge < -0.3 is 10.5 Å². The van der Waals surface area contributed by atoms with Crippen molar-refractivity contribution in [3.63, 3.8) is 0 Å². The summed E-state index contributed by atoms with van der Waals surface area (Å²) >= 11 is 0. The van der Waals surface area contributed by atoms with Crippen LogP contribution in [0.5, 0.6) is 5.75 Å². The Morgan fingerprint density at radius 2 is 1.88 bits per heavy atom. The van der Waals surface area contributed by atoms with E-state index in [1.54, 1.807) is 0 Å². The van der Waals surface area contributed by atoms with Crippen LogP contribution in [-0.2, 0) is 6.42 Å². The lowest BCUT2D eigenvalue weighted by molar-refractivity contribution is 0.115. The van der Waals surface area contributed by atoms with Crippen LogP contribution in [0.4, 0.5) is 0 Å². The molecule has 2 heteroatoms. The molecule has 1 fully saturated rings. The number of hydrogen-bond acceptors (Lipinski definition) is 2. The SMILES string of the molecule is NC1(C2COc3ccccc3C2)CCCCC1. The summed E-state index contributed by atoms with van der Waals surface area (Å²) in [5, 5.41) is 0. The van der Waals surface area contributed by atoms with Crippen molar-refractivity contribution in [3.05, 3.63) is 29.8 Å². The number of fused-ring (bicyclic) bond motifs is 1. The van der Waals surface area contributed by atoms with Crippen LogP contribution in [0.1, 0.15) is 37.7 Å². The number of nitrogens with two attached hydrogens (primary N) is 1. The molecule has 2 aliphatic rings. The number of hydrogen-bond donors (Lipinski definition) is 1. The molecule has 2 nitrogen and oxygen atoms in total. The second-order valence-electron chi connectivity index (χ2n) is 5.61. The summed E-state index contributed by atoms with van der Waals surface area (Å²) in [6.07, 6.45) is 7.35. The molecule has 1 aromatic rings. The Hall–Kier alpha value is -1.02. The zero-order valence-corrected chi connectivity index (χ0v) is 10.3. The van der Waals surface area contributed by atoms with Crippen LogP contribution in [0.25, 0.3) is 0 Å². The molecule has 1 aliphatic heterocycles. The van der Waals surface area contributed by atoms with Crippen molar-refractivity contribution in [1.82, 2.24) is 0 Å². The van der Waals surface area contributed by atoms with Crippen LogP contribution in [0.2, 0.25) is 0 Å². The van der Waals surface area contributed by atoms with Crippen molar-refractivity contribution in [2.45, 2.75) is 44.1 Å². The van der Waals surface area contributed by atoms with E-state index in [0.29, 0.717) is 5.92 Å². The molecule has 0 saturated heterocycles. The molecule has 1 unspecified atom stereocenters. The Labute approximate surface area is 103 Å². The molecule has 1 saturated carbocycles. The zero-order chi connectivity index (χ0) is 11.7. The second kappa shape index (κ2) is 4.34. The maximum Gasteiger partial charge on any atom is 0.122 e. The summed E-state index contributed by atoms with van der Waals surface area (Å²) in [6, 6.07) is 8.37. The van der Waals surface area contributed by atoms with Gasteiger partial charge >= 0.3 is 0 Å². The maximum atomic E-state index is 6.61. The first-order chi connectivity index (χ1) is 8.28. The van der Waals surface area contributed by atoms with Crippen LogP contribution < -0.4 is 10.5 Å². The lowest BCUT2D eigenvalue weighted by Gasteiger charge is -2.42. The topological polar surface area (TPSA) is 35.2 Å². The van der Waals surface area contributed by atoms with Gasteiger partial charge in [-0.15, -0.1) is 0 Å². The molecule has 1 atom stereocenters. The Bertz CT molecular complexity index is 396. The Kier molecular flexibility index (Phi) is 2.83. The highest BCUT2D eigenvalue weighted by atomic mass is 16.5. The van der Waals surface area contributed by atoms with Crippen molar-refractivity contribution in [2.24, 2.45) is 11.7 Å². The fourth-order valence-corrected chi connectivity index (χ4v) is 3.32. The van der Waals surface area contributed by atoms with Crippen LogP contribution in [0, 0.1) is 5.92 Å². The smallest absolute Gasteiger partial charge is 0.122 e. The van der Waals surface area contributed by atoms with Gasteiger partial charge in [0.05, 0.1) is 6.61 Å². The molecule has 1 aliphatic carbocycles. The number of rotatable bonds is 1. The van der Waals surface area contributed by atoms with Crippen LogP contribution in [-0.4, -0.2) is 12.1 Å². The predicted molar refractivity (Wildman–Crippen MR) is 69.1 cm³/mol. The first kappa shape index (κ1) is 11.1. The van der Waals surface area contributed by atoms with E-state index in [1.807, 2.05) is 6.07 Å². The molecule has 0 amide bonds. The predicted octanol–water partition coefficient (Wildman–Crippen LogP) is 2.90. The third-order valence-corrected chi connectivity index (χ3v) is 4.48. The number of para-hydroxylation sites is 1. The van der Waals surface area contributed by atoms with Gasteiger partial charge in [-0.3, -0.25) is 0 Å². The van der Waals surface area contributed by atoms with E-state index < -0.39 is 0 Å². The Balaban J connectivity index is 1.79. The van der Waals surface area contributed by atoms with Gasteiger partial charge in [-0.05, 0) is 30.9 Å². The normalized spacial score (nSPS) is 27.0. The van der Waals surface area contributed by atoms with Gasteiger partial charge in [0.2, 0.25) is 0 Å². The van der Waals surface area contributed by atoms with Gasteiger partial charge in [0.25, 0.3) is 0 Å². The van der Waals surface area contributed by atoms with Crippen molar-refractivity contribution in [3.8, 4) is 5.75 Å². The van der Waals surface area contributed by atoms with Crippen molar-refractivity contribution >= 4 is 0 Å². The van der Waals surface area contributed by atoms with E-state index in [0.717, 1.165) is 18.8 Å². The van der Waals surface area contributed by atoms with Crippen molar-refractivity contribution in [2.75, 3.05) is 6.61 Å². The van der Waals surface area contributed by atoms with E-state index >= 15 is 0 Å². The standard InChI is InChI=1S/C15H21NO/c16-15(8-4-1-5-9-15)13-10-12-6-2-3-7-14(12)17-11-13/h2-3,6-7,13H,1,4-5,8-11,16H2. The molecule has 17 heavy (non-hydrogen) atoms. The Morgan fingerprint density at radius 1 is 1.12 bits per heavy atom. The minimum absolute atomic E-state index is 0.0196. The molecule has 2 N–H and O–H groups in total. The highest BCUT2D eigenvalue weighted by Crippen LogP contribution is 2.38. The summed E-state index contributed by atoms with van der Waals surface area (Å²) in [6.45, 7) is 0.799. The lowest BCUT2D eigenvalue weighted by Crippen LogP contribution is -2.52. The molecule has 0 radical (unpaired) electrons. The first-order valence-electron chi connectivity index (χ1n) is 6.77. The van der Waals surface area contributed by atoms with E-state index in [1.165, 1.54) is 37.7 Å². The minimum Gasteiger partial charge on any atom is -0.493 e. The van der Waals surface area contributed by atoms with Gasteiger partial charge in [0, 0.05) is 11.5 Å². The molecule has 3 rings (SSSR count). The molecular formula is C15H21NO. The zero-order valence-electron chi connectivity index (χ0n) is 10.3. The van der Waals surface area contributed by atoms with E-state index in [9.17, 15) is 0 Å². The van der Waals surface area contributed by atoms with Gasteiger partial charge in [0.15, 0.2) is 0 Å². The van der Waals surface area contributed by atoms with Crippen LogP contribution in [0.15, 0.2) is 24.3 Å². The van der Waals surface area contributed by atoms with Crippen LogP contribution >= 0.6 is 0 Å². The maximum absolute atomic E-state index is 6.61.